The summed E-state index contributed by atoms with van der Waals surface area (Å²) >= 11 is 1.46. The van der Waals surface area contributed by atoms with E-state index < -0.39 is 8.80 Å². The number of carbonyl (C=O) groups excluding carboxylic acids is 1. The number of hydrogen-bond acceptors (Lipinski definition) is 10. The van der Waals surface area contributed by atoms with Crippen LogP contribution in [-0.2, 0) is 37.0 Å². The summed E-state index contributed by atoms with van der Waals surface area (Å²) in [4.78, 5) is 12.8. The molecule has 0 saturated carbocycles. The maximum Gasteiger partial charge on any atom is 0.501 e. The predicted molar refractivity (Wildman–Crippen MR) is 245 cm³/mol. The Morgan fingerprint density at radius 1 is 0.474 bits per heavy atom. The number of thioether (sulfide) groups is 1. The molecule has 0 saturated heterocycles. The number of rotatable bonds is 49. The topological polar surface area (TPSA) is 93.7 Å². The molecule has 0 aromatic heterocycles. The fourth-order valence-corrected chi connectivity index (χ4v) is 10.1. The molecule has 1 unspecified atom stereocenters. The summed E-state index contributed by atoms with van der Waals surface area (Å²) in [5.74, 6) is 0.742. The van der Waals surface area contributed by atoms with Crippen molar-refractivity contribution in [3.8, 4) is 0 Å². The van der Waals surface area contributed by atoms with Crippen LogP contribution in [0.4, 0.5) is 0 Å². The van der Waals surface area contributed by atoms with Gasteiger partial charge in [0, 0.05) is 37.5 Å². The van der Waals surface area contributed by atoms with Gasteiger partial charge in [-0.05, 0) is 39.2 Å². The highest BCUT2D eigenvalue weighted by molar-refractivity contribution is 8.13. The molecule has 1 atom stereocenters. The van der Waals surface area contributed by atoms with Crippen LogP contribution in [0.2, 0.25) is 6.04 Å². The van der Waals surface area contributed by atoms with Gasteiger partial charge < -0.3 is 37.5 Å². The van der Waals surface area contributed by atoms with Crippen molar-refractivity contribution in [2.45, 2.75) is 207 Å². The largest absolute Gasteiger partial charge is 0.501 e. The highest BCUT2D eigenvalue weighted by atomic mass is 32.2. The number of likely N-dealkylation sites (N-methyl/N-ethyl adjacent to an activating group) is 1. The summed E-state index contributed by atoms with van der Waals surface area (Å²) in [6, 6.07) is 0.874. The Hall–Kier alpha value is -0.0831. The molecule has 342 valence electrons. The van der Waals surface area contributed by atoms with E-state index in [-0.39, 0.29) is 6.04 Å². The third kappa shape index (κ3) is 41.1. The molecule has 0 radical (unpaired) electrons. The zero-order valence-electron chi connectivity index (χ0n) is 38.3. The normalized spacial score (nSPS) is 12.5. The van der Waals surface area contributed by atoms with E-state index in [1.807, 2.05) is 7.05 Å². The van der Waals surface area contributed by atoms with Gasteiger partial charge in [-0.3, -0.25) is 4.79 Å². The van der Waals surface area contributed by atoms with Crippen LogP contribution in [0.25, 0.3) is 0 Å². The Bertz CT molecular complexity index is 780. The van der Waals surface area contributed by atoms with Crippen molar-refractivity contribution in [2.24, 2.45) is 0 Å². The van der Waals surface area contributed by atoms with Crippen LogP contribution in [-0.4, -0.2) is 105 Å². The number of carbonyl (C=O) groups is 1. The lowest BCUT2D eigenvalue weighted by atomic mass is 10.0. The summed E-state index contributed by atoms with van der Waals surface area (Å²) in [6.45, 7) is 14.9. The lowest BCUT2D eigenvalue weighted by Crippen LogP contribution is -2.50. The Labute approximate surface area is 359 Å². The summed E-state index contributed by atoms with van der Waals surface area (Å²) in [5.41, 5.74) is 0. The molecule has 0 aromatic carbocycles. The molecule has 0 aliphatic carbocycles. The van der Waals surface area contributed by atoms with Gasteiger partial charge >= 0.3 is 8.80 Å². The van der Waals surface area contributed by atoms with E-state index in [4.69, 9.17) is 32.2 Å². The Balaban J connectivity index is 5.18. The lowest BCUT2D eigenvalue weighted by molar-refractivity contribution is -0.111. The van der Waals surface area contributed by atoms with Gasteiger partial charge in [0.1, 0.15) is 0 Å². The van der Waals surface area contributed by atoms with Gasteiger partial charge in [-0.2, -0.15) is 0 Å². The van der Waals surface area contributed by atoms with Crippen LogP contribution >= 0.6 is 11.8 Å². The molecular weight excluding hydrogens is 755 g/mol. The monoisotopic (exact) mass is 850 g/mol. The molecular formula is C46H95NO8SSi. The van der Waals surface area contributed by atoms with E-state index in [2.05, 4.69) is 33.0 Å². The number of unbranched alkanes of at least 4 members (excludes halogenated alkanes) is 19. The first kappa shape index (κ1) is 56.9. The van der Waals surface area contributed by atoms with Crippen LogP contribution in [0.5, 0.6) is 0 Å². The van der Waals surface area contributed by atoms with E-state index in [1.54, 1.807) is 0 Å². The van der Waals surface area contributed by atoms with Gasteiger partial charge in [0.15, 0.2) is 5.12 Å². The Kier molecular flexibility index (Phi) is 46.9. The van der Waals surface area contributed by atoms with Crippen molar-refractivity contribution in [1.82, 2.24) is 5.32 Å². The molecule has 0 rings (SSSR count). The fraction of sp³-hybridized carbons (Fsp3) is 0.978. The summed E-state index contributed by atoms with van der Waals surface area (Å²) in [5, 5.41) is 3.80. The molecule has 57 heavy (non-hydrogen) atoms. The molecule has 1 N–H and O–H groups in total. The predicted octanol–water partition coefficient (Wildman–Crippen LogP) is 12.1. The van der Waals surface area contributed by atoms with Crippen molar-refractivity contribution in [1.29, 1.82) is 0 Å². The van der Waals surface area contributed by atoms with E-state index in [9.17, 15) is 4.79 Å². The zero-order chi connectivity index (χ0) is 41.6. The maximum absolute atomic E-state index is 12.8. The smallest absolute Gasteiger partial charge is 0.379 e. The average Bonchev–Trinajstić information content (AvgIpc) is 3.22. The molecule has 0 bridgehead atoms. The maximum atomic E-state index is 12.8. The third-order valence-corrected chi connectivity index (χ3v) is 14.2. The van der Waals surface area contributed by atoms with Crippen LogP contribution in [0.15, 0.2) is 0 Å². The van der Waals surface area contributed by atoms with E-state index >= 15 is 0 Å². The number of hydrogen-bond donors (Lipinski definition) is 1. The fourth-order valence-electron chi connectivity index (χ4n) is 6.53. The quantitative estimate of drug-likeness (QED) is 0.0471. The van der Waals surface area contributed by atoms with E-state index in [0.717, 1.165) is 70.3 Å². The molecule has 0 aliphatic heterocycles. The van der Waals surface area contributed by atoms with Crippen LogP contribution in [0.1, 0.15) is 195 Å². The third-order valence-electron chi connectivity index (χ3n) is 10.3. The summed E-state index contributed by atoms with van der Waals surface area (Å²) < 4.78 is 43.1. The first-order valence-corrected chi connectivity index (χ1v) is 27.0. The second-order valence-corrected chi connectivity index (χ2v) is 19.6. The Morgan fingerprint density at radius 3 is 1.33 bits per heavy atom. The average molecular weight is 850 g/mol. The highest BCUT2D eigenvalue weighted by Gasteiger charge is 2.41. The van der Waals surface area contributed by atoms with Crippen LogP contribution in [0.3, 0.4) is 0 Å². The summed E-state index contributed by atoms with van der Waals surface area (Å²) in [7, 11) is -1.11. The van der Waals surface area contributed by atoms with Gasteiger partial charge in [0.2, 0.25) is 0 Å². The molecule has 0 heterocycles. The molecule has 0 aromatic rings. The van der Waals surface area contributed by atoms with Gasteiger partial charge in [-0.1, -0.05) is 168 Å². The molecule has 0 spiro atoms. The highest BCUT2D eigenvalue weighted by Crippen LogP contribution is 2.23. The van der Waals surface area contributed by atoms with Crippen molar-refractivity contribution < 1.29 is 37.0 Å². The van der Waals surface area contributed by atoms with E-state index in [0.29, 0.717) is 77.0 Å². The van der Waals surface area contributed by atoms with Crippen LogP contribution in [0, 0.1) is 0 Å². The zero-order valence-corrected chi connectivity index (χ0v) is 40.1. The second-order valence-electron chi connectivity index (χ2n) is 15.7. The first-order chi connectivity index (χ1) is 28.1. The lowest BCUT2D eigenvalue weighted by Gasteiger charge is -2.31. The molecule has 0 amide bonds. The molecule has 11 heteroatoms. The molecule has 0 fully saturated rings. The minimum atomic E-state index is -3.14. The van der Waals surface area contributed by atoms with Gasteiger partial charge in [0.25, 0.3) is 0 Å². The van der Waals surface area contributed by atoms with Gasteiger partial charge in [-0.15, -0.1) is 0 Å². The van der Waals surface area contributed by atoms with Crippen molar-refractivity contribution in [3.05, 3.63) is 0 Å². The van der Waals surface area contributed by atoms with Crippen molar-refractivity contribution in [3.63, 3.8) is 0 Å². The number of ether oxygens (including phenoxy) is 4. The van der Waals surface area contributed by atoms with Crippen molar-refractivity contribution >= 4 is 25.7 Å². The SMILES string of the molecule is CCCCCCCCCCCCC(CO[Si](CCCSC(=O)CCCCCCCCCCC)(OCCOCCOCCCC)OCCOCCOCCCC)NC. The summed E-state index contributed by atoms with van der Waals surface area (Å²) in [6.07, 6.45) is 31.5. The van der Waals surface area contributed by atoms with Gasteiger partial charge in [-0.25, -0.2) is 0 Å². The second kappa shape index (κ2) is 47.0. The first-order valence-electron chi connectivity index (χ1n) is 24.1. The standard InChI is InChI=1S/C46H95NO8SSi/c1-6-10-14-16-18-20-22-23-25-27-30-45(47-5)44-55-57(53-40-38-51-36-34-49-32-12-8-3,54-41-39-52-37-35-50-33-13-9-4)43-29-42-56-46(48)31-28-26-24-21-19-17-15-11-7-2/h45,47H,6-44H2,1-5H3. The Morgan fingerprint density at radius 2 is 0.877 bits per heavy atom. The van der Waals surface area contributed by atoms with Gasteiger partial charge in [0.05, 0.1) is 59.5 Å². The number of nitrogens with one attached hydrogen (secondary N) is 1. The molecule has 0 aliphatic rings. The molecule has 9 nitrogen and oxygen atoms in total. The van der Waals surface area contributed by atoms with E-state index in [1.165, 1.54) is 121 Å². The minimum Gasteiger partial charge on any atom is -0.379 e. The minimum absolute atomic E-state index is 0.221. The van der Waals surface area contributed by atoms with Crippen LogP contribution < -0.4 is 5.32 Å². The van der Waals surface area contributed by atoms with Crippen molar-refractivity contribution in [2.75, 3.05) is 85.5 Å².